The molecule has 0 radical (unpaired) electrons. The minimum atomic E-state index is -0.969. The second-order valence-corrected chi connectivity index (χ2v) is 6.29. The molecule has 0 saturated heterocycles. The van der Waals surface area contributed by atoms with Gasteiger partial charge in [0.15, 0.2) is 0 Å². The summed E-state index contributed by atoms with van der Waals surface area (Å²) >= 11 is 0. The van der Waals surface area contributed by atoms with Crippen molar-refractivity contribution in [3.8, 4) is 5.75 Å². The van der Waals surface area contributed by atoms with Gasteiger partial charge in [0.05, 0.1) is 5.41 Å². The van der Waals surface area contributed by atoms with Crippen molar-refractivity contribution in [2.45, 2.75) is 44.9 Å². The number of amides is 1. The highest BCUT2D eigenvalue weighted by Gasteiger charge is 2.40. The van der Waals surface area contributed by atoms with Gasteiger partial charge in [-0.25, -0.2) is 4.39 Å². The largest absolute Gasteiger partial charge is 0.491 e. The van der Waals surface area contributed by atoms with E-state index in [0.29, 0.717) is 24.3 Å². The van der Waals surface area contributed by atoms with Crippen molar-refractivity contribution in [3.63, 3.8) is 0 Å². The van der Waals surface area contributed by atoms with Gasteiger partial charge < -0.3 is 15.2 Å². The van der Waals surface area contributed by atoms with Gasteiger partial charge in [0.25, 0.3) is 0 Å². The van der Waals surface area contributed by atoms with Crippen LogP contribution in [0.2, 0.25) is 0 Å². The summed E-state index contributed by atoms with van der Waals surface area (Å²) in [7, 11) is 0. The molecule has 5 nitrogen and oxygen atoms in total. The summed E-state index contributed by atoms with van der Waals surface area (Å²) in [6.07, 6.45) is 4.76. The minimum Gasteiger partial charge on any atom is -0.491 e. The lowest BCUT2D eigenvalue weighted by Gasteiger charge is -2.27. The topological polar surface area (TPSA) is 75.6 Å². The molecule has 1 fully saturated rings. The molecule has 2 rings (SSSR count). The molecule has 2 N–H and O–H groups in total. The Morgan fingerprint density at radius 2 is 1.92 bits per heavy atom. The number of hydrogen-bond donors (Lipinski definition) is 2. The second-order valence-electron chi connectivity index (χ2n) is 6.29. The molecule has 132 valence electrons. The van der Waals surface area contributed by atoms with Crippen molar-refractivity contribution in [1.29, 1.82) is 0 Å². The van der Waals surface area contributed by atoms with Crippen LogP contribution in [0.1, 0.15) is 44.9 Å². The summed E-state index contributed by atoms with van der Waals surface area (Å²) in [5.74, 6) is -0.741. The Labute approximate surface area is 141 Å². The zero-order chi connectivity index (χ0) is 17.4. The average molecular weight is 337 g/mol. The number of alkyl halides is 1. The number of anilines is 1. The molecule has 24 heavy (non-hydrogen) atoms. The summed E-state index contributed by atoms with van der Waals surface area (Å²) in [6.45, 7) is -0.628. The Hall–Kier alpha value is -2.11. The number of rotatable bonds is 7. The predicted molar refractivity (Wildman–Crippen MR) is 88.9 cm³/mol. The van der Waals surface area contributed by atoms with Gasteiger partial charge in [-0.05, 0) is 25.0 Å². The van der Waals surface area contributed by atoms with Crippen LogP contribution >= 0.6 is 0 Å². The highest BCUT2D eigenvalue weighted by Crippen LogP contribution is 2.38. The maximum atomic E-state index is 12.4. The Morgan fingerprint density at radius 3 is 2.54 bits per heavy atom. The van der Waals surface area contributed by atoms with E-state index >= 15 is 0 Å². The molecule has 6 heteroatoms. The fraction of sp³-hybridized carbons (Fsp3) is 0.556. The summed E-state index contributed by atoms with van der Waals surface area (Å²) in [4.78, 5) is 24.1. The van der Waals surface area contributed by atoms with E-state index in [9.17, 15) is 19.1 Å². The molecule has 1 aliphatic rings. The number of carboxylic acid groups (broad SMARTS) is 1. The standard InChI is InChI=1S/C18H24FNO4/c19-10-11-24-15-7-5-6-14(12-15)20-16(21)13-18(17(22)23)8-3-1-2-4-9-18/h5-7,12H,1-4,8-11,13H2,(H,20,21)(H,22,23). The van der Waals surface area contributed by atoms with E-state index in [0.717, 1.165) is 25.7 Å². The van der Waals surface area contributed by atoms with E-state index in [1.807, 2.05) is 0 Å². The maximum Gasteiger partial charge on any atom is 0.310 e. The van der Waals surface area contributed by atoms with Crippen LogP contribution < -0.4 is 10.1 Å². The lowest BCUT2D eigenvalue weighted by atomic mass is 9.77. The smallest absolute Gasteiger partial charge is 0.310 e. The molecule has 1 aromatic carbocycles. The number of carbonyl (C=O) groups excluding carboxylic acids is 1. The Bertz CT molecular complexity index is 568. The number of aliphatic carboxylic acids is 1. The molecule has 1 aromatic rings. The minimum absolute atomic E-state index is 0.0299. The third-order valence-corrected chi connectivity index (χ3v) is 4.48. The van der Waals surface area contributed by atoms with Crippen molar-refractivity contribution in [2.24, 2.45) is 5.41 Å². The highest BCUT2D eigenvalue weighted by molar-refractivity contribution is 5.94. The Morgan fingerprint density at radius 1 is 1.21 bits per heavy atom. The van der Waals surface area contributed by atoms with E-state index in [1.54, 1.807) is 24.3 Å². The van der Waals surface area contributed by atoms with Gasteiger partial charge >= 0.3 is 5.97 Å². The number of halogens is 1. The van der Waals surface area contributed by atoms with Gasteiger partial charge in [-0.2, -0.15) is 0 Å². The third kappa shape index (κ3) is 4.94. The zero-order valence-electron chi connectivity index (χ0n) is 13.7. The second kappa shape index (κ2) is 8.66. The summed E-state index contributed by atoms with van der Waals surface area (Å²) in [6, 6.07) is 6.67. The van der Waals surface area contributed by atoms with Gasteiger partial charge in [-0.15, -0.1) is 0 Å². The summed E-state index contributed by atoms with van der Waals surface area (Å²) in [5, 5.41) is 12.4. The van der Waals surface area contributed by atoms with Crippen molar-refractivity contribution in [1.82, 2.24) is 0 Å². The zero-order valence-corrected chi connectivity index (χ0v) is 13.7. The predicted octanol–water partition coefficient (Wildman–Crippen LogP) is 3.79. The SMILES string of the molecule is O=C(CC1(C(=O)O)CCCCCC1)Nc1cccc(OCCF)c1. The molecule has 0 unspecified atom stereocenters. The van der Waals surface area contributed by atoms with Crippen LogP contribution in [0.5, 0.6) is 5.75 Å². The summed E-state index contributed by atoms with van der Waals surface area (Å²) < 4.78 is 17.3. The number of nitrogens with one attached hydrogen (secondary N) is 1. The van der Waals surface area contributed by atoms with Crippen molar-refractivity contribution in [2.75, 3.05) is 18.6 Å². The van der Waals surface area contributed by atoms with Crippen molar-refractivity contribution in [3.05, 3.63) is 24.3 Å². The summed E-state index contributed by atoms with van der Waals surface area (Å²) in [5.41, 5.74) is -0.450. The molecular formula is C18H24FNO4. The third-order valence-electron chi connectivity index (χ3n) is 4.48. The first kappa shape index (κ1) is 18.2. The number of carbonyl (C=O) groups is 2. The molecule has 1 aliphatic carbocycles. The molecule has 0 spiro atoms. The molecule has 0 aromatic heterocycles. The quantitative estimate of drug-likeness (QED) is 0.742. The number of ether oxygens (including phenoxy) is 1. The highest BCUT2D eigenvalue weighted by atomic mass is 19.1. The van der Waals surface area contributed by atoms with Gasteiger partial charge in [-0.1, -0.05) is 31.7 Å². The molecule has 0 bridgehead atoms. The normalized spacial score (nSPS) is 16.9. The van der Waals surface area contributed by atoms with Gasteiger partial charge in [0.2, 0.25) is 5.91 Å². The lowest BCUT2D eigenvalue weighted by Crippen LogP contribution is -2.35. The van der Waals surface area contributed by atoms with Crippen LogP contribution in [0.3, 0.4) is 0 Å². The van der Waals surface area contributed by atoms with Crippen molar-refractivity contribution >= 4 is 17.6 Å². The number of hydrogen-bond acceptors (Lipinski definition) is 3. The molecule has 0 atom stereocenters. The number of carboxylic acids is 1. The van der Waals surface area contributed by atoms with E-state index in [1.165, 1.54) is 0 Å². The van der Waals surface area contributed by atoms with Gasteiger partial charge in [0.1, 0.15) is 19.0 Å². The first-order valence-electron chi connectivity index (χ1n) is 8.38. The lowest BCUT2D eigenvalue weighted by molar-refractivity contribution is -0.152. The van der Waals surface area contributed by atoms with Crippen LogP contribution in [-0.2, 0) is 9.59 Å². The van der Waals surface area contributed by atoms with E-state index in [-0.39, 0.29) is 18.9 Å². The van der Waals surface area contributed by atoms with Gasteiger partial charge in [0, 0.05) is 18.2 Å². The van der Waals surface area contributed by atoms with Crippen molar-refractivity contribution < 1.29 is 23.8 Å². The molecule has 1 amide bonds. The Balaban J connectivity index is 2.01. The van der Waals surface area contributed by atoms with Crippen LogP contribution in [0.25, 0.3) is 0 Å². The molecular weight excluding hydrogens is 313 g/mol. The van der Waals surface area contributed by atoms with Crippen LogP contribution in [-0.4, -0.2) is 30.3 Å². The average Bonchev–Trinajstić information content (AvgIpc) is 2.79. The Kier molecular flexibility index (Phi) is 6.58. The van der Waals surface area contributed by atoms with Crippen LogP contribution in [0.4, 0.5) is 10.1 Å². The van der Waals surface area contributed by atoms with E-state index in [4.69, 9.17) is 4.74 Å². The van der Waals surface area contributed by atoms with E-state index < -0.39 is 18.1 Å². The van der Waals surface area contributed by atoms with Crippen LogP contribution in [0, 0.1) is 5.41 Å². The first-order chi connectivity index (χ1) is 11.6. The first-order valence-corrected chi connectivity index (χ1v) is 8.38. The molecule has 0 heterocycles. The fourth-order valence-electron chi connectivity index (χ4n) is 3.20. The fourth-order valence-corrected chi connectivity index (χ4v) is 3.20. The van der Waals surface area contributed by atoms with E-state index in [2.05, 4.69) is 5.32 Å². The monoisotopic (exact) mass is 337 g/mol. The van der Waals surface area contributed by atoms with Crippen LogP contribution in [0.15, 0.2) is 24.3 Å². The van der Waals surface area contributed by atoms with Gasteiger partial charge in [-0.3, -0.25) is 9.59 Å². The number of benzene rings is 1. The maximum absolute atomic E-state index is 12.4. The molecule has 1 saturated carbocycles. The molecule has 0 aliphatic heterocycles.